The first-order chi connectivity index (χ1) is 14.4. The minimum atomic E-state index is -3.07. The van der Waals surface area contributed by atoms with Crippen LogP contribution in [0.2, 0.25) is 0 Å². The molecule has 0 aromatic carbocycles. The van der Waals surface area contributed by atoms with Crippen molar-refractivity contribution in [3.8, 4) is 0 Å². The summed E-state index contributed by atoms with van der Waals surface area (Å²) in [7, 11) is -3.07. The maximum absolute atomic E-state index is 12.2. The van der Waals surface area contributed by atoms with Crippen LogP contribution in [0.3, 0.4) is 0 Å². The fourth-order valence-corrected chi connectivity index (χ4v) is 6.00. The molecule has 1 saturated heterocycles. The van der Waals surface area contributed by atoms with Gasteiger partial charge in [-0.15, -0.1) is 0 Å². The molecular formula is C22H27N5O2S. The molecule has 8 heteroatoms. The first kappa shape index (κ1) is 19.5. The van der Waals surface area contributed by atoms with Gasteiger partial charge in [0.2, 0.25) is 0 Å². The van der Waals surface area contributed by atoms with E-state index >= 15 is 0 Å². The van der Waals surface area contributed by atoms with Crippen LogP contribution in [-0.4, -0.2) is 54.0 Å². The smallest absolute Gasteiger partial charge is 0.152 e. The topological polar surface area (TPSA) is 79.3 Å². The Labute approximate surface area is 177 Å². The Morgan fingerprint density at radius 1 is 1.17 bits per heavy atom. The molecule has 2 aromatic heterocycles. The Morgan fingerprint density at radius 2 is 2.03 bits per heavy atom. The molecule has 0 radical (unpaired) electrons. The molecule has 7 nitrogen and oxygen atoms in total. The van der Waals surface area contributed by atoms with Crippen LogP contribution >= 0.6 is 0 Å². The second kappa shape index (κ2) is 7.34. The van der Waals surface area contributed by atoms with Crippen LogP contribution < -0.4 is 9.80 Å². The highest BCUT2D eigenvalue weighted by Crippen LogP contribution is 2.36. The molecule has 158 valence electrons. The SMILES string of the molecule is C[C@@H]1Cc2ncnc(N3CCC[C@H](S(C)(=O)=O)C3)c2CN1c1ccnc2c1C=CC2. The van der Waals surface area contributed by atoms with E-state index in [0.717, 1.165) is 61.5 Å². The van der Waals surface area contributed by atoms with Crippen molar-refractivity contribution in [2.45, 2.75) is 50.4 Å². The summed E-state index contributed by atoms with van der Waals surface area (Å²) in [5.74, 6) is 0.895. The third-order valence-corrected chi connectivity index (χ3v) is 8.19. The van der Waals surface area contributed by atoms with Gasteiger partial charge in [0.25, 0.3) is 0 Å². The monoisotopic (exact) mass is 425 g/mol. The molecule has 1 aliphatic carbocycles. The Morgan fingerprint density at radius 3 is 2.87 bits per heavy atom. The third kappa shape index (κ3) is 3.37. The molecule has 2 atom stereocenters. The van der Waals surface area contributed by atoms with Gasteiger partial charge in [0.15, 0.2) is 9.84 Å². The van der Waals surface area contributed by atoms with Gasteiger partial charge in [-0.3, -0.25) is 4.98 Å². The summed E-state index contributed by atoms with van der Waals surface area (Å²) in [5.41, 5.74) is 5.74. The number of piperidine rings is 1. The van der Waals surface area contributed by atoms with Gasteiger partial charge < -0.3 is 9.80 Å². The van der Waals surface area contributed by atoms with Crippen molar-refractivity contribution >= 4 is 27.4 Å². The second-order valence-electron chi connectivity index (χ2n) is 8.64. The van der Waals surface area contributed by atoms with Crippen molar-refractivity contribution in [3.63, 3.8) is 0 Å². The van der Waals surface area contributed by atoms with Crippen LogP contribution in [0.1, 0.15) is 42.3 Å². The number of rotatable bonds is 3. The van der Waals surface area contributed by atoms with Crippen molar-refractivity contribution in [1.82, 2.24) is 15.0 Å². The van der Waals surface area contributed by atoms with Gasteiger partial charge >= 0.3 is 0 Å². The minimum Gasteiger partial charge on any atom is -0.363 e. The first-order valence-electron chi connectivity index (χ1n) is 10.6. The minimum absolute atomic E-state index is 0.311. The Balaban J connectivity index is 1.50. The summed E-state index contributed by atoms with van der Waals surface area (Å²) in [4.78, 5) is 18.3. The highest BCUT2D eigenvalue weighted by Gasteiger charge is 2.33. The summed E-state index contributed by atoms with van der Waals surface area (Å²) in [5, 5.41) is -0.330. The van der Waals surface area contributed by atoms with Gasteiger partial charge in [0.1, 0.15) is 12.1 Å². The predicted octanol–water partition coefficient (Wildman–Crippen LogP) is 2.41. The van der Waals surface area contributed by atoms with Crippen molar-refractivity contribution in [2.24, 2.45) is 0 Å². The highest BCUT2D eigenvalue weighted by molar-refractivity contribution is 7.91. The lowest BCUT2D eigenvalue weighted by atomic mass is 9.97. The summed E-state index contributed by atoms with van der Waals surface area (Å²) < 4.78 is 24.3. The molecule has 3 aliphatic rings. The number of pyridine rings is 1. The summed E-state index contributed by atoms with van der Waals surface area (Å²) >= 11 is 0. The lowest BCUT2D eigenvalue weighted by Gasteiger charge is -2.40. The Hall–Kier alpha value is -2.48. The lowest BCUT2D eigenvalue weighted by Crippen LogP contribution is -2.45. The fraction of sp³-hybridized carbons (Fsp3) is 0.500. The number of allylic oxidation sites excluding steroid dienone is 1. The zero-order chi connectivity index (χ0) is 20.9. The van der Waals surface area contributed by atoms with Gasteiger partial charge in [0.05, 0.1) is 16.6 Å². The number of nitrogens with zero attached hydrogens (tertiary/aromatic N) is 5. The zero-order valence-electron chi connectivity index (χ0n) is 17.5. The number of anilines is 2. The Bertz CT molecular complexity index is 1110. The van der Waals surface area contributed by atoms with Crippen LogP contribution in [0.4, 0.5) is 11.5 Å². The highest BCUT2D eigenvalue weighted by atomic mass is 32.2. The molecule has 4 heterocycles. The van der Waals surface area contributed by atoms with Crippen LogP contribution in [0.5, 0.6) is 0 Å². The number of aromatic nitrogens is 3. The van der Waals surface area contributed by atoms with Crippen LogP contribution in [0.15, 0.2) is 24.7 Å². The largest absolute Gasteiger partial charge is 0.363 e. The second-order valence-corrected chi connectivity index (χ2v) is 11.0. The van der Waals surface area contributed by atoms with E-state index in [0.29, 0.717) is 12.6 Å². The van der Waals surface area contributed by atoms with E-state index in [4.69, 9.17) is 0 Å². The first-order valence-corrected chi connectivity index (χ1v) is 12.5. The molecule has 0 bridgehead atoms. The molecule has 0 N–H and O–H groups in total. The van der Waals surface area contributed by atoms with Gasteiger partial charge in [-0.1, -0.05) is 12.2 Å². The van der Waals surface area contributed by atoms with Crippen LogP contribution in [-0.2, 0) is 29.2 Å². The van der Waals surface area contributed by atoms with E-state index in [2.05, 4.69) is 49.9 Å². The maximum Gasteiger partial charge on any atom is 0.152 e. The summed E-state index contributed by atoms with van der Waals surface area (Å²) in [6, 6.07) is 2.41. The molecule has 5 rings (SSSR count). The summed E-state index contributed by atoms with van der Waals surface area (Å²) in [6.07, 6.45) is 12.5. The molecule has 0 spiro atoms. The Kier molecular flexibility index (Phi) is 4.76. The molecule has 0 saturated carbocycles. The molecule has 0 unspecified atom stereocenters. The van der Waals surface area contributed by atoms with Crippen molar-refractivity contribution in [3.05, 3.63) is 47.2 Å². The number of hydrogen-bond donors (Lipinski definition) is 0. The average molecular weight is 426 g/mol. The third-order valence-electron chi connectivity index (χ3n) is 6.60. The maximum atomic E-state index is 12.2. The molecule has 2 aliphatic heterocycles. The number of fused-ring (bicyclic) bond motifs is 2. The van der Waals surface area contributed by atoms with Crippen LogP contribution in [0.25, 0.3) is 6.08 Å². The van der Waals surface area contributed by atoms with E-state index in [1.807, 2.05) is 6.20 Å². The predicted molar refractivity (Wildman–Crippen MR) is 118 cm³/mol. The van der Waals surface area contributed by atoms with E-state index in [-0.39, 0.29) is 5.25 Å². The van der Waals surface area contributed by atoms with Crippen molar-refractivity contribution < 1.29 is 8.42 Å². The fourth-order valence-electron chi connectivity index (χ4n) is 4.96. The van der Waals surface area contributed by atoms with Crippen molar-refractivity contribution in [1.29, 1.82) is 0 Å². The number of sulfone groups is 1. The van der Waals surface area contributed by atoms with Crippen molar-refractivity contribution in [2.75, 3.05) is 29.1 Å². The molecule has 0 amide bonds. The van der Waals surface area contributed by atoms with Gasteiger partial charge in [-0.25, -0.2) is 18.4 Å². The quantitative estimate of drug-likeness (QED) is 0.747. The molecule has 30 heavy (non-hydrogen) atoms. The standard InChI is InChI=1S/C22H27N5O2S/c1-15-11-20-18(13-27(15)21-8-9-23-19-7-3-6-17(19)21)22(25-14-24-20)26-10-4-5-16(12-26)30(2,28)29/h3,6,8-9,14-16H,4-5,7,10-13H2,1-2H3/t15-,16+/m1/s1. The summed E-state index contributed by atoms with van der Waals surface area (Å²) in [6.45, 7) is 4.29. The lowest BCUT2D eigenvalue weighted by molar-refractivity contribution is 0.528. The van der Waals surface area contributed by atoms with Gasteiger partial charge in [0, 0.05) is 67.8 Å². The molecule has 1 fully saturated rings. The number of hydrogen-bond acceptors (Lipinski definition) is 7. The van der Waals surface area contributed by atoms with E-state index < -0.39 is 9.84 Å². The van der Waals surface area contributed by atoms with Crippen LogP contribution in [0, 0.1) is 0 Å². The normalized spacial score (nSPS) is 23.4. The van der Waals surface area contributed by atoms with E-state index in [9.17, 15) is 8.42 Å². The zero-order valence-corrected chi connectivity index (χ0v) is 18.3. The molecule has 2 aromatic rings. The van der Waals surface area contributed by atoms with E-state index in [1.54, 1.807) is 6.33 Å². The van der Waals surface area contributed by atoms with E-state index in [1.165, 1.54) is 17.5 Å². The van der Waals surface area contributed by atoms with Gasteiger partial charge in [-0.05, 0) is 25.8 Å². The molecular weight excluding hydrogens is 398 g/mol. The average Bonchev–Trinajstić information content (AvgIpc) is 3.21. The van der Waals surface area contributed by atoms with Gasteiger partial charge in [-0.2, -0.15) is 0 Å².